The average molecular weight is 1790 g/mol. The summed E-state index contributed by atoms with van der Waals surface area (Å²) in [6.07, 6.45) is 0. The lowest BCUT2D eigenvalue weighted by Gasteiger charge is -2.12. The fourth-order valence-corrected chi connectivity index (χ4v) is 20.7. The zero-order valence-electron chi connectivity index (χ0n) is 74.0. The van der Waals surface area contributed by atoms with Gasteiger partial charge in [0, 0.05) is 125 Å². The van der Waals surface area contributed by atoms with E-state index >= 15 is 0 Å². The summed E-state index contributed by atoms with van der Waals surface area (Å²) < 4.78 is 21.7. The summed E-state index contributed by atoms with van der Waals surface area (Å²) in [5.41, 5.74) is 24.4. The molecule has 0 unspecified atom stereocenters. The Kier molecular flexibility index (Phi) is 19.7. The molecule has 0 N–H and O–H groups in total. The molecule has 0 spiro atoms. The molecule has 14 nitrogen and oxygen atoms in total. The maximum absolute atomic E-state index is 6.20. The minimum Gasteiger partial charge on any atom is -0.456 e. The summed E-state index contributed by atoms with van der Waals surface area (Å²) in [5, 5.41) is 14.1. The van der Waals surface area contributed by atoms with Gasteiger partial charge in [0.25, 0.3) is 0 Å². The topological polar surface area (TPSA) is 157 Å². The van der Waals surface area contributed by atoms with E-state index in [1.54, 1.807) is 0 Å². The van der Waals surface area contributed by atoms with Crippen molar-refractivity contribution in [1.29, 1.82) is 0 Å². The fraction of sp³-hybridized carbons (Fsp3) is 0. The van der Waals surface area contributed by atoms with Gasteiger partial charge < -0.3 is 18.0 Å². The van der Waals surface area contributed by atoms with Crippen molar-refractivity contribution in [2.45, 2.75) is 0 Å². The molecule has 0 aliphatic heterocycles. The van der Waals surface area contributed by atoms with Crippen LogP contribution in [0.2, 0.25) is 0 Å². The first-order chi connectivity index (χ1) is 68.4. The van der Waals surface area contributed by atoms with Crippen molar-refractivity contribution in [3.05, 3.63) is 461 Å². The normalized spacial score (nSPS) is 11.6. The molecule has 0 saturated carbocycles. The fourth-order valence-electron chi connectivity index (χ4n) is 19.4. The van der Waals surface area contributed by atoms with Crippen molar-refractivity contribution in [1.82, 2.24) is 58.6 Å². The molecule has 0 fully saturated rings. The summed E-state index contributed by atoms with van der Waals surface area (Å²) >= 11 is 1.82. The molecule has 0 amide bonds. The standard InChI is InChI=1S/C45H28N4O.C39H22N4OS.C39H26N4/c1-2-11-30(12-3-1)43-46-44(48-45(47-43)33-25-26-38-37-17-6-9-20-41(37)50-42(38)28-33)31-23-21-29(22-24-31)32-13-10-14-34(27-32)49-39-18-7-4-15-35(39)36-16-5-8-19-40(36)49;1-2-10-23(11-3-1)37-40-38(24-18-21-33-30(22-24)26-13-5-8-16-32(26)44-33)42-39(41-37)43-31-15-7-4-12-25(31)28-19-20-29-27-14-6-9-17-34(27)45-36(29)35(28)43;1-3-12-27(13-4-1)28-22-24-30(25-23-28)38-40-37(29-14-5-2-6-15-29)41-39(42-38)31-16-11-17-32(26-31)43-35-20-9-7-18-33(35)34-19-8-10-21-36(34)43/h1-28H;1-22H;1-26H. The van der Waals surface area contributed by atoms with Crippen molar-refractivity contribution in [3.63, 3.8) is 0 Å². The van der Waals surface area contributed by atoms with Gasteiger partial charge in [-0.15, -0.1) is 11.3 Å². The van der Waals surface area contributed by atoms with Crippen LogP contribution in [0.15, 0.2) is 470 Å². The van der Waals surface area contributed by atoms with E-state index in [4.69, 9.17) is 53.7 Å². The van der Waals surface area contributed by atoms with E-state index in [0.717, 1.165) is 127 Å². The highest BCUT2D eigenvalue weighted by molar-refractivity contribution is 7.26. The lowest BCUT2D eigenvalue weighted by atomic mass is 10.0. The molecule has 9 aromatic heterocycles. The Balaban J connectivity index is 0.000000107. The van der Waals surface area contributed by atoms with E-state index in [0.29, 0.717) is 52.5 Å². The van der Waals surface area contributed by atoms with Crippen LogP contribution in [0, 0.1) is 0 Å². The van der Waals surface area contributed by atoms with Gasteiger partial charge >= 0.3 is 0 Å². The van der Waals surface area contributed by atoms with Crippen LogP contribution in [0.5, 0.6) is 0 Å². The summed E-state index contributed by atoms with van der Waals surface area (Å²) in [6, 6.07) is 159. The van der Waals surface area contributed by atoms with Gasteiger partial charge in [-0.2, -0.15) is 9.97 Å². The highest BCUT2D eigenvalue weighted by Crippen LogP contribution is 2.46. The van der Waals surface area contributed by atoms with Gasteiger partial charge in [0.15, 0.2) is 46.6 Å². The van der Waals surface area contributed by atoms with E-state index in [9.17, 15) is 0 Å². The van der Waals surface area contributed by atoms with Crippen LogP contribution in [-0.2, 0) is 0 Å². The number of thiophene rings is 1. The number of rotatable bonds is 13. The second-order valence-electron chi connectivity index (χ2n) is 34.3. The van der Waals surface area contributed by atoms with Gasteiger partial charge in [0.05, 0.1) is 37.8 Å². The Labute approximate surface area is 794 Å². The Morgan fingerprint density at radius 1 is 0.167 bits per heavy atom. The van der Waals surface area contributed by atoms with Gasteiger partial charge in [-0.1, -0.05) is 358 Å². The highest BCUT2D eigenvalue weighted by atomic mass is 32.1. The largest absolute Gasteiger partial charge is 0.456 e. The molecular formula is C123H76N12O2S. The molecule has 138 heavy (non-hydrogen) atoms. The highest BCUT2D eigenvalue weighted by Gasteiger charge is 2.25. The Bertz CT molecular complexity index is 9500. The van der Waals surface area contributed by atoms with Gasteiger partial charge in [-0.25, -0.2) is 34.9 Å². The van der Waals surface area contributed by atoms with E-state index in [1.165, 1.54) is 80.1 Å². The molecule has 19 aromatic carbocycles. The predicted octanol–water partition coefficient (Wildman–Crippen LogP) is 31.7. The van der Waals surface area contributed by atoms with Crippen LogP contribution in [0.1, 0.15) is 0 Å². The van der Waals surface area contributed by atoms with Crippen LogP contribution in [0.25, 0.3) is 260 Å². The minimum absolute atomic E-state index is 0.590. The smallest absolute Gasteiger partial charge is 0.238 e. The van der Waals surface area contributed by atoms with Crippen molar-refractivity contribution in [3.8, 4) is 131 Å². The molecule has 646 valence electrons. The van der Waals surface area contributed by atoms with E-state index in [-0.39, 0.29) is 0 Å². The number of fused-ring (bicyclic) bond motifs is 19. The van der Waals surface area contributed by atoms with Crippen molar-refractivity contribution in [2.75, 3.05) is 0 Å². The van der Waals surface area contributed by atoms with Crippen molar-refractivity contribution >= 4 is 141 Å². The van der Waals surface area contributed by atoms with Crippen LogP contribution < -0.4 is 0 Å². The molecule has 15 heteroatoms. The molecule has 9 heterocycles. The minimum atomic E-state index is 0.590. The molecule has 0 atom stereocenters. The van der Waals surface area contributed by atoms with Gasteiger partial charge in [-0.05, 0) is 125 Å². The number of hydrogen-bond donors (Lipinski definition) is 0. The second-order valence-corrected chi connectivity index (χ2v) is 35.3. The lowest BCUT2D eigenvalue weighted by molar-refractivity contribution is 0.668. The first-order valence-corrected chi connectivity index (χ1v) is 46.8. The first-order valence-electron chi connectivity index (χ1n) is 45.9. The average Bonchev–Trinajstić information content (AvgIpc) is 1.61. The Morgan fingerprint density at radius 2 is 0.457 bits per heavy atom. The van der Waals surface area contributed by atoms with Crippen molar-refractivity contribution in [2.24, 2.45) is 0 Å². The summed E-state index contributed by atoms with van der Waals surface area (Å²) in [4.78, 5) is 45.2. The second kappa shape index (κ2) is 33.9. The maximum atomic E-state index is 6.20. The summed E-state index contributed by atoms with van der Waals surface area (Å²) in [7, 11) is 0. The van der Waals surface area contributed by atoms with Crippen molar-refractivity contribution < 1.29 is 8.83 Å². The Morgan fingerprint density at radius 3 is 0.957 bits per heavy atom. The number of furan rings is 2. The SMILES string of the molecule is c1ccc(-c2ccc(-c3nc(-c4ccccc4)nc(-c4cccc(-n5c6ccccc6c6ccccc65)c4)n3)cc2)cc1.c1ccc(-c2nc(-c3ccc(-c4cccc(-n5c6ccccc6c6ccccc65)c4)cc3)nc(-c3ccc4c(c3)oc3ccccc34)n2)cc1.c1ccc(-c2nc(-c3ccc4oc5ccccc5c4c3)nc(-n3c4ccccc4c4ccc5c6ccccc6sc5c43)n2)cc1. The maximum Gasteiger partial charge on any atom is 0.238 e. The van der Waals surface area contributed by atoms with Crippen LogP contribution in [0.3, 0.4) is 0 Å². The molecule has 28 aromatic rings. The number of benzene rings is 19. The van der Waals surface area contributed by atoms with Gasteiger partial charge in [-0.3, -0.25) is 4.57 Å². The number of nitrogens with zero attached hydrogens (tertiary/aromatic N) is 12. The number of hydrogen-bond acceptors (Lipinski definition) is 12. The van der Waals surface area contributed by atoms with Crippen LogP contribution >= 0.6 is 11.3 Å². The van der Waals surface area contributed by atoms with E-state index in [2.05, 4.69) is 323 Å². The predicted molar refractivity (Wildman–Crippen MR) is 564 cm³/mol. The molecule has 0 radical (unpaired) electrons. The summed E-state index contributed by atoms with van der Waals surface area (Å²) in [6.45, 7) is 0. The third-order valence-corrected chi connectivity index (χ3v) is 27.2. The molecule has 28 rings (SSSR count). The number of para-hydroxylation sites is 7. The first kappa shape index (κ1) is 80.3. The lowest BCUT2D eigenvalue weighted by Crippen LogP contribution is -2.06. The zero-order valence-corrected chi connectivity index (χ0v) is 74.8. The third kappa shape index (κ3) is 14.4. The zero-order chi connectivity index (χ0) is 91.1. The molecular weight excluding hydrogens is 1710 g/mol. The molecule has 0 bridgehead atoms. The van der Waals surface area contributed by atoms with E-state index in [1.807, 2.05) is 163 Å². The Hall–Kier alpha value is -18.6. The number of aromatic nitrogens is 12. The van der Waals surface area contributed by atoms with Gasteiger partial charge in [0.2, 0.25) is 5.95 Å². The molecule has 0 saturated heterocycles. The molecule has 0 aliphatic rings. The summed E-state index contributed by atoms with van der Waals surface area (Å²) in [5.74, 6) is 5.59. The van der Waals surface area contributed by atoms with Crippen LogP contribution in [0.4, 0.5) is 0 Å². The van der Waals surface area contributed by atoms with Gasteiger partial charge in [0.1, 0.15) is 22.3 Å². The monoisotopic (exact) mass is 1780 g/mol. The third-order valence-electron chi connectivity index (χ3n) is 26.0. The van der Waals surface area contributed by atoms with Crippen LogP contribution in [-0.4, -0.2) is 58.6 Å². The molecule has 0 aliphatic carbocycles. The van der Waals surface area contributed by atoms with E-state index < -0.39 is 0 Å². The quantitative estimate of drug-likeness (QED) is 0.108.